The predicted molar refractivity (Wildman–Crippen MR) is 57.9 cm³/mol. The SMILES string of the molecule is CC(=O)CC1(C)OC(=O)c2c(O)cccc2O1. The summed E-state index contributed by atoms with van der Waals surface area (Å²) in [4.78, 5) is 22.8. The lowest BCUT2D eigenvalue weighted by atomic mass is 10.1. The van der Waals surface area contributed by atoms with Crippen LogP contribution in [0.15, 0.2) is 18.2 Å². The molecule has 1 atom stereocenters. The molecule has 0 bridgehead atoms. The predicted octanol–water partition coefficient (Wildman–Crippen LogP) is 1.64. The molecule has 1 aromatic rings. The van der Waals surface area contributed by atoms with Gasteiger partial charge in [-0.3, -0.25) is 4.79 Å². The Bertz CT molecular complexity index is 494. The highest BCUT2D eigenvalue weighted by Gasteiger charge is 2.40. The van der Waals surface area contributed by atoms with Crippen molar-refractivity contribution >= 4 is 11.8 Å². The minimum Gasteiger partial charge on any atom is -0.507 e. The van der Waals surface area contributed by atoms with Gasteiger partial charge in [0.1, 0.15) is 22.8 Å². The topological polar surface area (TPSA) is 72.8 Å². The largest absolute Gasteiger partial charge is 0.507 e. The molecule has 1 aromatic carbocycles. The van der Waals surface area contributed by atoms with E-state index in [0.717, 1.165) is 0 Å². The van der Waals surface area contributed by atoms with Gasteiger partial charge in [-0.1, -0.05) is 6.07 Å². The second-order valence-corrected chi connectivity index (χ2v) is 4.15. The number of carbonyl (C=O) groups excluding carboxylic acids is 2. The van der Waals surface area contributed by atoms with Crippen molar-refractivity contribution in [3.63, 3.8) is 0 Å². The van der Waals surface area contributed by atoms with Crippen molar-refractivity contribution in [1.29, 1.82) is 0 Å². The molecule has 0 saturated heterocycles. The minimum atomic E-state index is -1.30. The molecule has 5 nitrogen and oxygen atoms in total. The summed E-state index contributed by atoms with van der Waals surface area (Å²) < 4.78 is 10.5. The van der Waals surface area contributed by atoms with E-state index in [0.29, 0.717) is 0 Å². The van der Waals surface area contributed by atoms with Gasteiger partial charge in [0, 0.05) is 6.92 Å². The number of carbonyl (C=O) groups is 2. The molecule has 1 aliphatic rings. The highest BCUT2D eigenvalue weighted by molar-refractivity contribution is 5.96. The molecule has 1 aliphatic heterocycles. The highest BCUT2D eigenvalue weighted by Crippen LogP contribution is 2.37. The van der Waals surface area contributed by atoms with Gasteiger partial charge in [0.05, 0.1) is 6.42 Å². The van der Waals surface area contributed by atoms with E-state index in [-0.39, 0.29) is 29.3 Å². The van der Waals surface area contributed by atoms with Crippen LogP contribution in [-0.2, 0) is 9.53 Å². The van der Waals surface area contributed by atoms with Crippen molar-refractivity contribution < 1.29 is 24.2 Å². The molecule has 0 amide bonds. The van der Waals surface area contributed by atoms with E-state index in [1.54, 1.807) is 12.1 Å². The van der Waals surface area contributed by atoms with E-state index in [4.69, 9.17) is 9.47 Å². The van der Waals surface area contributed by atoms with E-state index >= 15 is 0 Å². The monoisotopic (exact) mass is 236 g/mol. The van der Waals surface area contributed by atoms with Gasteiger partial charge in [0.15, 0.2) is 0 Å². The second kappa shape index (κ2) is 3.76. The van der Waals surface area contributed by atoms with Gasteiger partial charge in [0.2, 0.25) is 0 Å². The van der Waals surface area contributed by atoms with Crippen LogP contribution in [0.4, 0.5) is 0 Å². The summed E-state index contributed by atoms with van der Waals surface area (Å²) in [5.74, 6) is -2.11. The second-order valence-electron chi connectivity index (χ2n) is 4.15. The van der Waals surface area contributed by atoms with Gasteiger partial charge in [-0.05, 0) is 19.1 Å². The van der Waals surface area contributed by atoms with E-state index in [1.807, 2.05) is 0 Å². The number of ether oxygens (including phenoxy) is 2. The van der Waals surface area contributed by atoms with Gasteiger partial charge < -0.3 is 14.6 Å². The third-order valence-corrected chi connectivity index (χ3v) is 2.41. The van der Waals surface area contributed by atoms with Crippen molar-refractivity contribution in [2.45, 2.75) is 26.1 Å². The zero-order chi connectivity index (χ0) is 12.6. The Hall–Kier alpha value is -2.04. The summed E-state index contributed by atoms with van der Waals surface area (Å²) in [6, 6.07) is 4.48. The van der Waals surface area contributed by atoms with Crippen molar-refractivity contribution in [3.05, 3.63) is 23.8 Å². The fraction of sp³-hybridized carbons (Fsp3) is 0.333. The molecule has 1 unspecified atom stereocenters. The molecule has 1 heterocycles. The lowest BCUT2D eigenvalue weighted by molar-refractivity contribution is -0.155. The lowest BCUT2D eigenvalue weighted by Gasteiger charge is -2.34. The third-order valence-electron chi connectivity index (χ3n) is 2.41. The molecular formula is C12H12O5. The molecule has 0 spiro atoms. The molecular weight excluding hydrogens is 224 g/mol. The Morgan fingerprint density at radius 2 is 2.12 bits per heavy atom. The molecule has 0 radical (unpaired) electrons. The molecule has 1 N–H and O–H groups in total. The van der Waals surface area contributed by atoms with Crippen LogP contribution in [-0.4, -0.2) is 22.6 Å². The number of fused-ring (bicyclic) bond motifs is 1. The summed E-state index contributed by atoms with van der Waals surface area (Å²) in [6.45, 7) is 2.90. The molecule has 2 rings (SSSR count). The molecule has 0 saturated carbocycles. The van der Waals surface area contributed by atoms with Crippen LogP contribution in [0.25, 0.3) is 0 Å². The molecule has 17 heavy (non-hydrogen) atoms. The molecule has 0 aromatic heterocycles. The summed E-state index contributed by atoms with van der Waals surface area (Å²) >= 11 is 0. The van der Waals surface area contributed by atoms with Crippen LogP contribution in [0.3, 0.4) is 0 Å². The number of benzene rings is 1. The van der Waals surface area contributed by atoms with Gasteiger partial charge in [-0.2, -0.15) is 0 Å². The first-order chi connectivity index (χ1) is 7.91. The first-order valence-corrected chi connectivity index (χ1v) is 5.15. The third kappa shape index (κ3) is 2.08. The Morgan fingerprint density at radius 3 is 2.76 bits per heavy atom. The van der Waals surface area contributed by atoms with E-state index in [1.165, 1.54) is 19.9 Å². The average Bonchev–Trinajstić information content (AvgIpc) is 2.13. The maximum atomic E-state index is 11.7. The standard InChI is InChI=1S/C12H12O5/c1-7(13)6-12(2)16-9-5-3-4-8(14)10(9)11(15)17-12/h3-5,14H,6H2,1-2H3. The van der Waals surface area contributed by atoms with E-state index in [9.17, 15) is 14.7 Å². The molecule has 5 heteroatoms. The molecule has 90 valence electrons. The zero-order valence-corrected chi connectivity index (χ0v) is 9.52. The van der Waals surface area contributed by atoms with Crippen LogP contribution < -0.4 is 4.74 Å². The van der Waals surface area contributed by atoms with Crippen LogP contribution >= 0.6 is 0 Å². The fourth-order valence-electron chi connectivity index (χ4n) is 1.83. The summed E-state index contributed by atoms with van der Waals surface area (Å²) in [5.41, 5.74) is -0.00599. The zero-order valence-electron chi connectivity index (χ0n) is 9.52. The maximum Gasteiger partial charge on any atom is 0.349 e. The van der Waals surface area contributed by atoms with E-state index in [2.05, 4.69) is 0 Å². The van der Waals surface area contributed by atoms with Crippen molar-refractivity contribution in [2.24, 2.45) is 0 Å². The van der Waals surface area contributed by atoms with Gasteiger partial charge in [-0.25, -0.2) is 4.79 Å². The quantitative estimate of drug-likeness (QED) is 0.790. The summed E-state index contributed by atoms with van der Waals surface area (Å²) in [7, 11) is 0. The van der Waals surface area contributed by atoms with E-state index < -0.39 is 11.8 Å². The number of phenols is 1. The average molecular weight is 236 g/mol. The van der Waals surface area contributed by atoms with Gasteiger partial charge in [0.25, 0.3) is 5.79 Å². The van der Waals surface area contributed by atoms with Crippen LogP contribution in [0.5, 0.6) is 11.5 Å². The Balaban J connectivity index is 2.40. The molecule has 0 fully saturated rings. The number of aromatic hydroxyl groups is 1. The van der Waals surface area contributed by atoms with Crippen molar-refractivity contribution in [1.82, 2.24) is 0 Å². The summed E-state index contributed by atoms with van der Waals surface area (Å²) in [6.07, 6.45) is -0.0339. The number of esters is 1. The Morgan fingerprint density at radius 1 is 1.41 bits per heavy atom. The number of cyclic esters (lactones) is 1. The minimum absolute atomic E-state index is 0.00599. The maximum absolute atomic E-state index is 11.7. The number of hydrogen-bond donors (Lipinski definition) is 1. The van der Waals surface area contributed by atoms with Crippen LogP contribution in [0, 0.1) is 0 Å². The number of ketones is 1. The smallest absolute Gasteiger partial charge is 0.349 e. The number of phenolic OH excluding ortho intramolecular Hbond substituents is 1. The molecule has 0 aliphatic carbocycles. The van der Waals surface area contributed by atoms with Crippen molar-refractivity contribution in [2.75, 3.05) is 0 Å². The fourth-order valence-corrected chi connectivity index (χ4v) is 1.83. The first kappa shape index (κ1) is 11.4. The lowest BCUT2D eigenvalue weighted by Crippen LogP contribution is -2.43. The van der Waals surface area contributed by atoms with Gasteiger partial charge in [-0.15, -0.1) is 0 Å². The Labute approximate surface area is 98.0 Å². The first-order valence-electron chi connectivity index (χ1n) is 5.15. The number of hydrogen-bond acceptors (Lipinski definition) is 5. The van der Waals surface area contributed by atoms with Crippen molar-refractivity contribution in [3.8, 4) is 11.5 Å². The normalized spacial score (nSPS) is 22.4. The number of rotatable bonds is 2. The van der Waals surface area contributed by atoms with Crippen LogP contribution in [0.1, 0.15) is 30.6 Å². The van der Waals surface area contributed by atoms with Gasteiger partial charge >= 0.3 is 5.97 Å². The highest BCUT2D eigenvalue weighted by atomic mass is 16.7. The Kier molecular flexibility index (Phi) is 2.53. The van der Waals surface area contributed by atoms with Crippen LogP contribution in [0.2, 0.25) is 0 Å². The summed E-state index contributed by atoms with van der Waals surface area (Å²) in [5, 5.41) is 9.53. The number of Topliss-reactive ketones (excluding diaryl/α,β-unsaturated/α-hetero) is 1.